The van der Waals surface area contributed by atoms with Crippen LogP contribution in [0.2, 0.25) is 5.02 Å². The van der Waals surface area contributed by atoms with E-state index in [4.69, 9.17) is 11.6 Å². The molecule has 1 aromatic carbocycles. The molecule has 94 valence electrons. The topological polar surface area (TPSA) is 12.0 Å². The van der Waals surface area contributed by atoms with Crippen molar-refractivity contribution >= 4 is 17.3 Å². The standard InChI is InChI=1S/C14H19ClFN/c1-10-3-2-4-11(7-10)9-17-14-6-5-12(15)8-13(14)16/h5-6,8,10-11,17H,2-4,7,9H2,1H3. The minimum Gasteiger partial charge on any atom is -0.382 e. The highest BCUT2D eigenvalue weighted by Gasteiger charge is 2.18. The maximum Gasteiger partial charge on any atom is 0.147 e. The summed E-state index contributed by atoms with van der Waals surface area (Å²) in [7, 11) is 0. The second-order valence-corrected chi connectivity index (χ2v) is 5.58. The van der Waals surface area contributed by atoms with Crippen LogP contribution in [0.25, 0.3) is 0 Å². The van der Waals surface area contributed by atoms with Gasteiger partial charge in [0, 0.05) is 11.6 Å². The summed E-state index contributed by atoms with van der Waals surface area (Å²) >= 11 is 5.72. The molecule has 0 bridgehead atoms. The number of halogens is 2. The van der Waals surface area contributed by atoms with E-state index in [0.717, 1.165) is 12.5 Å². The number of hydrogen-bond donors (Lipinski definition) is 1. The molecule has 0 radical (unpaired) electrons. The lowest BCUT2D eigenvalue weighted by Gasteiger charge is -2.27. The molecule has 0 aromatic heterocycles. The van der Waals surface area contributed by atoms with E-state index in [1.807, 2.05) is 0 Å². The van der Waals surface area contributed by atoms with Crippen LogP contribution in [0.15, 0.2) is 18.2 Å². The van der Waals surface area contributed by atoms with Gasteiger partial charge in [-0.15, -0.1) is 0 Å². The Labute approximate surface area is 107 Å². The van der Waals surface area contributed by atoms with Crippen LogP contribution in [0.1, 0.15) is 32.6 Å². The van der Waals surface area contributed by atoms with Gasteiger partial charge in [-0.2, -0.15) is 0 Å². The Morgan fingerprint density at radius 3 is 2.94 bits per heavy atom. The SMILES string of the molecule is CC1CCCC(CNc2ccc(Cl)cc2F)C1. The van der Waals surface area contributed by atoms with Gasteiger partial charge in [-0.1, -0.05) is 31.4 Å². The van der Waals surface area contributed by atoms with Gasteiger partial charge in [-0.25, -0.2) is 4.39 Å². The third-order valence-corrected chi connectivity index (χ3v) is 3.79. The molecule has 1 N–H and O–H groups in total. The second-order valence-electron chi connectivity index (χ2n) is 5.14. The smallest absolute Gasteiger partial charge is 0.147 e. The van der Waals surface area contributed by atoms with Gasteiger partial charge in [0.05, 0.1) is 5.69 Å². The molecule has 2 unspecified atom stereocenters. The van der Waals surface area contributed by atoms with E-state index in [1.54, 1.807) is 12.1 Å². The summed E-state index contributed by atoms with van der Waals surface area (Å²) in [6.07, 6.45) is 5.15. The predicted molar refractivity (Wildman–Crippen MR) is 71.0 cm³/mol. The highest BCUT2D eigenvalue weighted by molar-refractivity contribution is 6.30. The largest absolute Gasteiger partial charge is 0.382 e. The van der Waals surface area contributed by atoms with Crippen molar-refractivity contribution in [3.05, 3.63) is 29.0 Å². The molecule has 1 aliphatic carbocycles. The fraction of sp³-hybridized carbons (Fsp3) is 0.571. The molecule has 0 spiro atoms. The molecule has 1 aromatic rings. The molecule has 0 heterocycles. The maximum atomic E-state index is 13.5. The Morgan fingerprint density at radius 2 is 2.24 bits per heavy atom. The van der Waals surface area contributed by atoms with Crippen LogP contribution in [0, 0.1) is 17.7 Å². The summed E-state index contributed by atoms with van der Waals surface area (Å²) in [5, 5.41) is 3.64. The molecule has 1 saturated carbocycles. The lowest BCUT2D eigenvalue weighted by Crippen LogP contribution is -2.21. The lowest BCUT2D eigenvalue weighted by atomic mass is 9.82. The van der Waals surface area contributed by atoms with Crippen molar-refractivity contribution in [2.45, 2.75) is 32.6 Å². The van der Waals surface area contributed by atoms with E-state index in [9.17, 15) is 4.39 Å². The van der Waals surface area contributed by atoms with Crippen molar-refractivity contribution in [1.29, 1.82) is 0 Å². The summed E-state index contributed by atoms with van der Waals surface area (Å²) in [4.78, 5) is 0. The van der Waals surface area contributed by atoms with Crippen LogP contribution in [-0.2, 0) is 0 Å². The van der Waals surface area contributed by atoms with Gasteiger partial charge >= 0.3 is 0 Å². The van der Waals surface area contributed by atoms with Crippen LogP contribution in [-0.4, -0.2) is 6.54 Å². The third-order valence-electron chi connectivity index (χ3n) is 3.56. The fourth-order valence-electron chi connectivity index (χ4n) is 2.63. The summed E-state index contributed by atoms with van der Waals surface area (Å²) < 4.78 is 13.5. The first kappa shape index (κ1) is 12.7. The van der Waals surface area contributed by atoms with Crippen molar-refractivity contribution < 1.29 is 4.39 Å². The zero-order valence-electron chi connectivity index (χ0n) is 10.2. The van der Waals surface area contributed by atoms with E-state index in [-0.39, 0.29) is 5.82 Å². The van der Waals surface area contributed by atoms with Crippen molar-refractivity contribution in [1.82, 2.24) is 0 Å². The molecule has 2 rings (SSSR count). The van der Waals surface area contributed by atoms with Crippen molar-refractivity contribution in [2.24, 2.45) is 11.8 Å². The Hall–Kier alpha value is -0.760. The van der Waals surface area contributed by atoms with Gasteiger partial charge in [0.2, 0.25) is 0 Å². The zero-order chi connectivity index (χ0) is 12.3. The van der Waals surface area contributed by atoms with E-state index in [1.165, 1.54) is 31.7 Å². The maximum absolute atomic E-state index is 13.5. The van der Waals surface area contributed by atoms with E-state index in [0.29, 0.717) is 16.6 Å². The van der Waals surface area contributed by atoms with Gasteiger partial charge < -0.3 is 5.32 Å². The number of rotatable bonds is 3. The van der Waals surface area contributed by atoms with E-state index in [2.05, 4.69) is 12.2 Å². The normalized spacial score (nSPS) is 24.6. The predicted octanol–water partition coefficient (Wildman–Crippen LogP) is 4.72. The highest BCUT2D eigenvalue weighted by atomic mass is 35.5. The third kappa shape index (κ3) is 3.60. The van der Waals surface area contributed by atoms with Crippen LogP contribution >= 0.6 is 11.6 Å². The lowest BCUT2D eigenvalue weighted by molar-refractivity contribution is 0.293. The number of nitrogens with one attached hydrogen (secondary N) is 1. The minimum atomic E-state index is -0.263. The van der Waals surface area contributed by atoms with Crippen LogP contribution < -0.4 is 5.32 Å². The molecule has 3 heteroatoms. The molecular formula is C14H19ClFN. The summed E-state index contributed by atoms with van der Waals surface area (Å²) in [5.41, 5.74) is 0.563. The average Bonchev–Trinajstić information content (AvgIpc) is 2.28. The number of hydrogen-bond acceptors (Lipinski definition) is 1. The Balaban J connectivity index is 1.88. The van der Waals surface area contributed by atoms with Crippen LogP contribution in [0.4, 0.5) is 10.1 Å². The molecule has 1 fully saturated rings. The number of benzene rings is 1. The first-order chi connectivity index (χ1) is 8.15. The van der Waals surface area contributed by atoms with Gasteiger partial charge in [-0.3, -0.25) is 0 Å². The fourth-order valence-corrected chi connectivity index (χ4v) is 2.79. The van der Waals surface area contributed by atoms with Crippen molar-refractivity contribution in [2.75, 3.05) is 11.9 Å². The molecular weight excluding hydrogens is 237 g/mol. The molecule has 1 aliphatic rings. The van der Waals surface area contributed by atoms with Crippen LogP contribution in [0.5, 0.6) is 0 Å². The van der Waals surface area contributed by atoms with Gasteiger partial charge in [-0.05, 0) is 42.9 Å². The molecule has 17 heavy (non-hydrogen) atoms. The van der Waals surface area contributed by atoms with Crippen LogP contribution in [0.3, 0.4) is 0 Å². The van der Waals surface area contributed by atoms with E-state index >= 15 is 0 Å². The van der Waals surface area contributed by atoms with Crippen molar-refractivity contribution in [3.63, 3.8) is 0 Å². The van der Waals surface area contributed by atoms with Crippen molar-refractivity contribution in [3.8, 4) is 0 Å². The second kappa shape index (κ2) is 5.72. The Morgan fingerprint density at radius 1 is 1.41 bits per heavy atom. The highest BCUT2D eigenvalue weighted by Crippen LogP contribution is 2.29. The Bertz CT molecular complexity index is 380. The average molecular weight is 256 g/mol. The van der Waals surface area contributed by atoms with E-state index < -0.39 is 0 Å². The quantitative estimate of drug-likeness (QED) is 0.824. The Kier molecular flexibility index (Phi) is 4.27. The molecule has 0 amide bonds. The minimum absolute atomic E-state index is 0.263. The first-order valence-corrected chi connectivity index (χ1v) is 6.72. The monoisotopic (exact) mass is 255 g/mol. The number of anilines is 1. The van der Waals surface area contributed by atoms with Gasteiger partial charge in [0.1, 0.15) is 5.82 Å². The molecule has 0 aliphatic heterocycles. The summed E-state index contributed by atoms with van der Waals surface area (Å²) in [5.74, 6) is 1.22. The molecule has 2 atom stereocenters. The summed E-state index contributed by atoms with van der Waals surface area (Å²) in [6, 6.07) is 4.79. The molecule has 1 nitrogen and oxygen atoms in total. The molecule has 0 saturated heterocycles. The van der Waals surface area contributed by atoms with Gasteiger partial charge in [0.25, 0.3) is 0 Å². The van der Waals surface area contributed by atoms with Gasteiger partial charge in [0.15, 0.2) is 0 Å². The first-order valence-electron chi connectivity index (χ1n) is 6.34. The zero-order valence-corrected chi connectivity index (χ0v) is 10.9. The summed E-state index contributed by atoms with van der Waals surface area (Å²) in [6.45, 7) is 3.16.